The quantitative estimate of drug-likeness (QED) is 0.671. The van der Waals surface area contributed by atoms with Gasteiger partial charge >= 0.3 is 0 Å². The lowest BCUT2D eigenvalue weighted by atomic mass is 10.2. The van der Waals surface area contributed by atoms with E-state index in [0.29, 0.717) is 12.5 Å². The number of pyridine rings is 1. The summed E-state index contributed by atoms with van der Waals surface area (Å²) in [6, 6.07) is 9.13. The van der Waals surface area contributed by atoms with Crippen LogP contribution >= 0.6 is 0 Å². The van der Waals surface area contributed by atoms with Gasteiger partial charge in [-0.25, -0.2) is 9.67 Å². The maximum atomic E-state index is 12.4. The Morgan fingerprint density at radius 3 is 2.71 bits per heavy atom. The van der Waals surface area contributed by atoms with E-state index < -0.39 is 0 Å². The fraction of sp³-hybridized carbons (Fsp3) is 0.350. The molecule has 144 valence electrons. The fourth-order valence-corrected chi connectivity index (χ4v) is 3.47. The van der Waals surface area contributed by atoms with E-state index in [1.54, 1.807) is 35.4 Å². The van der Waals surface area contributed by atoms with Crippen molar-refractivity contribution in [3.63, 3.8) is 0 Å². The Bertz CT molecular complexity index is 1000. The number of aromatic nitrogens is 5. The monoisotopic (exact) mass is 377 g/mol. The Morgan fingerprint density at radius 1 is 1.11 bits per heavy atom. The van der Waals surface area contributed by atoms with Gasteiger partial charge in [0.25, 0.3) is 5.56 Å². The summed E-state index contributed by atoms with van der Waals surface area (Å²) in [5.41, 5.74) is 1.60. The molecule has 1 fully saturated rings. The molecule has 8 nitrogen and oxygen atoms in total. The number of hydrogen-bond acceptors (Lipinski definition) is 7. The van der Waals surface area contributed by atoms with Gasteiger partial charge in [-0.2, -0.15) is 10.1 Å². The maximum Gasteiger partial charge on any atom is 0.266 e. The maximum absolute atomic E-state index is 12.4. The molecule has 1 aliphatic heterocycles. The van der Waals surface area contributed by atoms with E-state index in [9.17, 15) is 4.79 Å². The van der Waals surface area contributed by atoms with Crippen LogP contribution in [0.2, 0.25) is 0 Å². The van der Waals surface area contributed by atoms with E-state index in [-0.39, 0.29) is 11.6 Å². The minimum Gasteiger partial charge on any atom is -0.363 e. The third-order valence-corrected chi connectivity index (χ3v) is 4.95. The summed E-state index contributed by atoms with van der Waals surface area (Å²) < 4.78 is 1.55. The molecule has 0 saturated carbocycles. The van der Waals surface area contributed by atoms with Crippen LogP contribution in [0.25, 0.3) is 11.3 Å². The Hall–Kier alpha value is -3.29. The van der Waals surface area contributed by atoms with Gasteiger partial charge in [0.1, 0.15) is 5.82 Å². The smallest absolute Gasteiger partial charge is 0.266 e. The third kappa shape index (κ3) is 3.71. The summed E-state index contributed by atoms with van der Waals surface area (Å²) >= 11 is 0. The van der Waals surface area contributed by atoms with Crippen molar-refractivity contribution in [3.8, 4) is 11.3 Å². The Labute approximate surface area is 163 Å². The van der Waals surface area contributed by atoms with Crippen LogP contribution in [0, 0.1) is 0 Å². The average Bonchev–Trinajstić information content (AvgIpc) is 3.18. The van der Waals surface area contributed by atoms with E-state index in [1.165, 1.54) is 0 Å². The van der Waals surface area contributed by atoms with E-state index >= 15 is 0 Å². The average molecular weight is 377 g/mol. The largest absolute Gasteiger partial charge is 0.363 e. The minimum atomic E-state index is -0.104. The molecule has 1 aliphatic rings. The summed E-state index contributed by atoms with van der Waals surface area (Å²) in [5, 5.41) is 4.58. The molecule has 0 N–H and O–H groups in total. The molecular weight excluding hydrogens is 354 g/mol. The number of hydrogen-bond donors (Lipinski definition) is 0. The van der Waals surface area contributed by atoms with E-state index in [2.05, 4.69) is 25.0 Å². The van der Waals surface area contributed by atoms with Crippen LogP contribution in [-0.2, 0) is 6.54 Å². The van der Waals surface area contributed by atoms with Crippen molar-refractivity contribution in [1.82, 2.24) is 24.7 Å². The lowest BCUT2D eigenvalue weighted by molar-refractivity contribution is 0.487. The SMILES string of the molecule is CN(C)c1ccnc(N2CCCC2Cn2nc(-c3ccncc3)ccc2=O)n1. The molecule has 4 rings (SSSR count). The molecule has 28 heavy (non-hydrogen) atoms. The van der Waals surface area contributed by atoms with Gasteiger partial charge in [0.15, 0.2) is 0 Å². The van der Waals surface area contributed by atoms with Gasteiger partial charge in [0.05, 0.1) is 18.3 Å². The second kappa shape index (κ2) is 7.75. The molecule has 8 heteroatoms. The molecule has 0 amide bonds. The summed E-state index contributed by atoms with van der Waals surface area (Å²) in [6.45, 7) is 1.38. The molecular formula is C20H23N7O. The van der Waals surface area contributed by atoms with Crippen LogP contribution < -0.4 is 15.4 Å². The van der Waals surface area contributed by atoms with Crippen molar-refractivity contribution in [3.05, 3.63) is 59.3 Å². The molecule has 1 unspecified atom stereocenters. The fourth-order valence-electron chi connectivity index (χ4n) is 3.47. The summed E-state index contributed by atoms with van der Waals surface area (Å²) in [6.07, 6.45) is 7.24. The second-order valence-electron chi connectivity index (χ2n) is 7.07. The van der Waals surface area contributed by atoms with Gasteiger partial charge in [0, 0.05) is 50.9 Å². The second-order valence-corrected chi connectivity index (χ2v) is 7.07. The zero-order valence-electron chi connectivity index (χ0n) is 16.1. The predicted octanol–water partition coefficient (Wildman–Crippen LogP) is 1.83. The van der Waals surface area contributed by atoms with Gasteiger partial charge < -0.3 is 9.80 Å². The number of anilines is 2. The first-order chi connectivity index (χ1) is 13.6. The highest BCUT2D eigenvalue weighted by molar-refractivity contribution is 5.57. The predicted molar refractivity (Wildman–Crippen MR) is 108 cm³/mol. The molecule has 0 radical (unpaired) electrons. The first kappa shape index (κ1) is 18.1. The van der Waals surface area contributed by atoms with Crippen LogP contribution in [0.5, 0.6) is 0 Å². The normalized spacial score (nSPS) is 16.4. The topological polar surface area (TPSA) is 80.0 Å². The first-order valence-electron chi connectivity index (χ1n) is 9.37. The minimum absolute atomic E-state index is 0.104. The summed E-state index contributed by atoms with van der Waals surface area (Å²) in [5.74, 6) is 1.57. The standard InChI is InChI=1S/C20H23N7O/c1-25(2)18-9-12-22-20(23-18)26-13-3-4-16(26)14-27-19(28)6-5-17(24-27)15-7-10-21-11-8-15/h5-12,16H,3-4,13-14H2,1-2H3. The van der Waals surface area contributed by atoms with Gasteiger partial charge in [-0.15, -0.1) is 0 Å². The van der Waals surface area contributed by atoms with Gasteiger partial charge in [-0.3, -0.25) is 9.78 Å². The highest BCUT2D eigenvalue weighted by atomic mass is 16.1. The zero-order chi connectivity index (χ0) is 19.5. The summed E-state index contributed by atoms with van der Waals surface area (Å²) in [7, 11) is 3.92. The van der Waals surface area contributed by atoms with E-state index in [0.717, 1.165) is 36.5 Å². The van der Waals surface area contributed by atoms with Crippen molar-refractivity contribution in [1.29, 1.82) is 0 Å². The number of rotatable bonds is 5. The van der Waals surface area contributed by atoms with Crippen molar-refractivity contribution >= 4 is 11.8 Å². The third-order valence-electron chi connectivity index (χ3n) is 4.95. The van der Waals surface area contributed by atoms with Crippen LogP contribution in [0.3, 0.4) is 0 Å². The molecule has 3 aromatic heterocycles. The van der Waals surface area contributed by atoms with Crippen molar-refractivity contribution in [2.45, 2.75) is 25.4 Å². The van der Waals surface area contributed by atoms with Gasteiger partial charge in [-0.1, -0.05) is 0 Å². The van der Waals surface area contributed by atoms with Crippen LogP contribution in [0.1, 0.15) is 12.8 Å². The van der Waals surface area contributed by atoms with Crippen LogP contribution in [0.15, 0.2) is 53.7 Å². The molecule has 0 aromatic carbocycles. The Morgan fingerprint density at radius 2 is 1.93 bits per heavy atom. The van der Waals surface area contributed by atoms with Crippen molar-refractivity contribution in [2.75, 3.05) is 30.4 Å². The first-order valence-corrected chi connectivity index (χ1v) is 9.37. The van der Waals surface area contributed by atoms with Gasteiger partial charge in [-0.05, 0) is 37.1 Å². The Kier molecular flexibility index (Phi) is 5.01. The number of nitrogens with zero attached hydrogens (tertiary/aromatic N) is 7. The lowest BCUT2D eigenvalue weighted by Crippen LogP contribution is -2.38. The molecule has 4 heterocycles. The van der Waals surface area contributed by atoms with Crippen LogP contribution in [-0.4, -0.2) is 51.4 Å². The van der Waals surface area contributed by atoms with Crippen molar-refractivity contribution < 1.29 is 0 Å². The molecule has 0 spiro atoms. The van der Waals surface area contributed by atoms with E-state index in [1.807, 2.05) is 37.2 Å². The Balaban J connectivity index is 1.60. The van der Waals surface area contributed by atoms with Crippen molar-refractivity contribution in [2.24, 2.45) is 0 Å². The van der Waals surface area contributed by atoms with E-state index in [4.69, 9.17) is 0 Å². The lowest BCUT2D eigenvalue weighted by Gasteiger charge is -2.25. The molecule has 0 aliphatic carbocycles. The molecule has 0 bridgehead atoms. The molecule has 1 atom stereocenters. The van der Waals surface area contributed by atoms with Gasteiger partial charge in [0.2, 0.25) is 5.95 Å². The highest BCUT2D eigenvalue weighted by Gasteiger charge is 2.28. The van der Waals surface area contributed by atoms with Crippen LogP contribution in [0.4, 0.5) is 11.8 Å². The molecule has 1 saturated heterocycles. The summed E-state index contributed by atoms with van der Waals surface area (Å²) in [4.78, 5) is 29.7. The zero-order valence-corrected chi connectivity index (χ0v) is 16.1. The molecule has 3 aromatic rings. The highest BCUT2D eigenvalue weighted by Crippen LogP contribution is 2.24.